The highest BCUT2D eigenvalue weighted by molar-refractivity contribution is 4.91. The average molecular weight is 149 g/mol. The first-order chi connectivity index (χ1) is 5.45. The van der Waals surface area contributed by atoms with E-state index >= 15 is 0 Å². The molecule has 0 aromatic carbocycles. The summed E-state index contributed by atoms with van der Waals surface area (Å²) < 4.78 is 2.21. The summed E-state index contributed by atoms with van der Waals surface area (Å²) in [6.07, 6.45) is 6.77. The standard InChI is InChI=1S/C9H13N2/c1-2-7-11(6-1)8-9-4-3-5-10-9/h1-2,6-7,9H,3-5,8H2. The molecule has 0 N–H and O–H groups in total. The minimum Gasteiger partial charge on any atom is -0.353 e. The van der Waals surface area contributed by atoms with Crippen molar-refractivity contribution in [2.24, 2.45) is 0 Å². The molecule has 1 radical (unpaired) electrons. The Kier molecular flexibility index (Phi) is 1.95. The summed E-state index contributed by atoms with van der Waals surface area (Å²) in [6, 6.07) is 4.71. The molecule has 1 aromatic heterocycles. The fourth-order valence-corrected chi connectivity index (χ4v) is 1.58. The van der Waals surface area contributed by atoms with Gasteiger partial charge in [0.25, 0.3) is 0 Å². The van der Waals surface area contributed by atoms with Crippen LogP contribution in [0, 0.1) is 0 Å². The second kappa shape index (κ2) is 3.09. The van der Waals surface area contributed by atoms with Crippen LogP contribution in [-0.4, -0.2) is 17.2 Å². The van der Waals surface area contributed by atoms with Crippen LogP contribution in [0.25, 0.3) is 0 Å². The van der Waals surface area contributed by atoms with Crippen LogP contribution in [-0.2, 0) is 6.54 Å². The molecule has 2 heteroatoms. The molecule has 1 unspecified atom stereocenters. The van der Waals surface area contributed by atoms with Crippen LogP contribution in [0.5, 0.6) is 0 Å². The molecule has 2 rings (SSSR count). The molecule has 1 atom stereocenters. The largest absolute Gasteiger partial charge is 0.353 e. The van der Waals surface area contributed by atoms with E-state index in [9.17, 15) is 0 Å². The van der Waals surface area contributed by atoms with E-state index in [2.05, 4.69) is 34.4 Å². The Labute approximate surface area is 67.2 Å². The van der Waals surface area contributed by atoms with Gasteiger partial charge in [-0.3, -0.25) is 0 Å². The third-order valence-corrected chi connectivity index (χ3v) is 2.17. The predicted octanol–water partition coefficient (Wildman–Crippen LogP) is 1.25. The van der Waals surface area contributed by atoms with Gasteiger partial charge in [0.2, 0.25) is 0 Å². The van der Waals surface area contributed by atoms with Crippen molar-refractivity contribution in [1.29, 1.82) is 0 Å². The van der Waals surface area contributed by atoms with Gasteiger partial charge in [0.05, 0.1) is 0 Å². The first-order valence-corrected chi connectivity index (χ1v) is 4.22. The van der Waals surface area contributed by atoms with Gasteiger partial charge in [0, 0.05) is 31.5 Å². The number of hydrogen-bond donors (Lipinski definition) is 0. The van der Waals surface area contributed by atoms with E-state index < -0.39 is 0 Å². The minimum atomic E-state index is 0.586. The van der Waals surface area contributed by atoms with Crippen molar-refractivity contribution >= 4 is 0 Å². The van der Waals surface area contributed by atoms with Crippen molar-refractivity contribution in [1.82, 2.24) is 9.88 Å². The molecular weight excluding hydrogens is 136 g/mol. The Morgan fingerprint density at radius 1 is 1.36 bits per heavy atom. The van der Waals surface area contributed by atoms with Crippen molar-refractivity contribution in [3.8, 4) is 0 Å². The molecule has 0 bridgehead atoms. The first kappa shape index (κ1) is 6.92. The maximum atomic E-state index is 4.49. The SMILES string of the molecule is c1ccn(CC2CCC[N]2)c1. The van der Waals surface area contributed by atoms with Crippen LogP contribution < -0.4 is 5.32 Å². The van der Waals surface area contributed by atoms with Crippen molar-refractivity contribution in [2.45, 2.75) is 25.4 Å². The molecule has 0 amide bonds. The lowest BCUT2D eigenvalue weighted by Crippen LogP contribution is -2.20. The van der Waals surface area contributed by atoms with Gasteiger partial charge in [-0.15, -0.1) is 0 Å². The number of rotatable bonds is 2. The summed E-state index contributed by atoms with van der Waals surface area (Å²) in [4.78, 5) is 0. The monoisotopic (exact) mass is 149 g/mol. The van der Waals surface area contributed by atoms with E-state index in [1.165, 1.54) is 12.8 Å². The van der Waals surface area contributed by atoms with E-state index in [-0.39, 0.29) is 0 Å². The lowest BCUT2D eigenvalue weighted by molar-refractivity contribution is 0.504. The molecule has 0 aliphatic carbocycles. The van der Waals surface area contributed by atoms with Gasteiger partial charge in [-0.2, -0.15) is 0 Å². The lowest BCUT2D eigenvalue weighted by Gasteiger charge is -2.08. The molecule has 1 aliphatic heterocycles. The Morgan fingerprint density at radius 3 is 2.82 bits per heavy atom. The second-order valence-electron chi connectivity index (χ2n) is 3.08. The van der Waals surface area contributed by atoms with Gasteiger partial charge in [-0.25, -0.2) is 5.32 Å². The number of aromatic nitrogens is 1. The molecular formula is C9H13N2. The summed E-state index contributed by atoms with van der Waals surface area (Å²) in [7, 11) is 0. The third-order valence-electron chi connectivity index (χ3n) is 2.17. The summed E-state index contributed by atoms with van der Waals surface area (Å²) >= 11 is 0. The Bertz CT molecular complexity index is 197. The Morgan fingerprint density at radius 2 is 2.18 bits per heavy atom. The third kappa shape index (κ3) is 1.63. The van der Waals surface area contributed by atoms with Gasteiger partial charge >= 0.3 is 0 Å². The molecule has 2 heterocycles. The Hall–Kier alpha value is -0.760. The molecule has 1 fully saturated rings. The molecule has 59 valence electrons. The van der Waals surface area contributed by atoms with E-state index in [4.69, 9.17) is 0 Å². The van der Waals surface area contributed by atoms with Crippen LogP contribution >= 0.6 is 0 Å². The maximum absolute atomic E-state index is 4.49. The van der Waals surface area contributed by atoms with Crippen LogP contribution in [0.3, 0.4) is 0 Å². The number of nitrogens with zero attached hydrogens (tertiary/aromatic N) is 2. The second-order valence-corrected chi connectivity index (χ2v) is 3.08. The highest BCUT2D eigenvalue weighted by Crippen LogP contribution is 2.09. The summed E-state index contributed by atoms with van der Waals surface area (Å²) in [6.45, 7) is 2.15. The summed E-state index contributed by atoms with van der Waals surface area (Å²) in [5.41, 5.74) is 0. The highest BCUT2D eigenvalue weighted by Gasteiger charge is 2.14. The van der Waals surface area contributed by atoms with Gasteiger partial charge in [0.1, 0.15) is 0 Å². The van der Waals surface area contributed by atoms with Crippen molar-refractivity contribution in [2.75, 3.05) is 6.54 Å². The van der Waals surface area contributed by atoms with E-state index in [0.29, 0.717) is 6.04 Å². The number of hydrogen-bond acceptors (Lipinski definition) is 0. The zero-order valence-electron chi connectivity index (χ0n) is 6.61. The molecule has 1 aliphatic rings. The van der Waals surface area contributed by atoms with Crippen molar-refractivity contribution in [3.63, 3.8) is 0 Å². The van der Waals surface area contributed by atoms with Crippen LogP contribution in [0.1, 0.15) is 12.8 Å². The lowest BCUT2D eigenvalue weighted by atomic mass is 10.2. The first-order valence-electron chi connectivity index (χ1n) is 4.22. The molecule has 2 nitrogen and oxygen atoms in total. The van der Waals surface area contributed by atoms with Gasteiger partial charge in [0.15, 0.2) is 0 Å². The quantitative estimate of drug-likeness (QED) is 0.603. The molecule has 0 spiro atoms. The van der Waals surface area contributed by atoms with Crippen LogP contribution in [0.15, 0.2) is 24.5 Å². The van der Waals surface area contributed by atoms with Gasteiger partial charge in [-0.1, -0.05) is 0 Å². The molecule has 1 aromatic rings. The summed E-state index contributed by atoms with van der Waals surface area (Å²) in [5.74, 6) is 0. The maximum Gasteiger partial charge on any atom is 0.0425 e. The topological polar surface area (TPSA) is 19.0 Å². The van der Waals surface area contributed by atoms with Crippen molar-refractivity contribution < 1.29 is 0 Å². The Balaban J connectivity index is 1.90. The minimum absolute atomic E-state index is 0.586. The normalized spacial score (nSPS) is 24.2. The average Bonchev–Trinajstić information content (AvgIpc) is 2.60. The van der Waals surface area contributed by atoms with E-state index in [0.717, 1.165) is 13.1 Å². The van der Waals surface area contributed by atoms with E-state index in [1.807, 2.05) is 0 Å². The molecule has 1 saturated heterocycles. The summed E-state index contributed by atoms with van der Waals surface area (Å²) in [5, 5.41) is 4.49. The molecule has 11 heavy (non-hydrogen) atoms. The van der Waals surface area contributed by atoms with E-state index in [1.54, 1.807) is 0 Å². The van der Waals surface area contributed by atoms with Crippen LogP contribution in [0.2, 0.25) is 0 Å². The highest BCUT2D eigenvalue weighted by atomic mass is 15.0. The van der Waals surface area contributed by atoms with Gasteiger partial charge < -0.3 is 4.57 Å². The van der Waals surface area contributed by atoms with Gasteiger partial charge in [-0.05, 0) is 25.0 Å². The van der Waals surface area contributed by atoms with Crippen molar-refractivity contribution in [3.05, 3.63) is 24.5 Å². The zero-order chi connectivity index (χ0) is 7.52. The molecule has 0 saturated carbocycles. The zero-order valence-corrected chi connectivity index (χ0v) is 6.61. The predicted molar refractivity (Wildman–Crippen MR) is 44.5 cm³/mol. The smallest absolute Gasteiger partial charge is 0.0425 e. The fourth-order valence-electron chi connectivity index (χ4n) is 1.58. The fraction of sp³-hybridized carbons (Fsp3) is 0.556. The van der Waals surface area contributed by atoms with Crippen LogP contribution in [0.4, 0.5) is 0 Å².